The van der Waals surface area contributed by atoms with Gasteiger partial charge in [0.05, 0.1) is 0 Å². The summed E-state index contributed by atoms with van der Waals surface area (Å²) in [7, 11) is 1.47. The number of halogens is 1. The van der Waals surface area contributed by atoms with E-state index in [9.17, 15) is 4.79 Å². The third-order valence-corrected chi connectivity index (χ3v) is 1.90. The lowest BCUT2D eigenvalue weighted by Crippen LogP contribution is -2.26. The van der Waals surface area contributed by atoms with E-state index in [4.69, 9.17) is 16.3 Å². The first-order chi connectivity index (χ1) is 6.63. The molecule has 0 bridgehead atoms. The van der Waals surface area contributed by atoms with Gasteiger partial charge in [-0.2, -0.15) is 0 Å². The quantitative estimate of drug-likeness (QED) is 0.780. The van der Waals surface area contributed by atoms with Crippen LogP contribution >= 0.6 is 11.6 Å². The first-order valence-corrected chi connectivity index (χ1v) is 4.47. The average Bonchev–Trinajstić information content (AvgIpc) is 2.16. The molecule has 1 rings (SSSR count). The van der Waals surface area contributed by atoms with Crippen molar-refractivity contribution in [1.82, 2.24) is 4.98 Å². The van der Waals surface area contributed by atoms with Crippen molar-refractivity contribution in [3.63, 3.8) is 0 Å². The van der Waals surface area contributed by atoms with Gasteiger partial charge >= 0.3 is 0 Å². The molecule has 14 heavy (non-hydrogen) atoms. The Morgan fingerprint density at radius 3 is 2.93 bits per heavy atom. The zero-order valence-electron chi connectivity index (χ0n) is 7.95. The molecule has 0 aliphatic rings. The Morgan fingerprint density at radius 1 is 1.64 bits per heavy atom. The molecule has 1 atom stereocenters. The van der Waals surface area contributed by atoms with E-state index in [1.807, 2.05) is 0 Å². The van der Waals surface area contributed by atoms with Crippen LogP contribution in [0.3, 0.4) is 0 Å². The smallest absolute Gasteiger partial charge is 0.254 e. The highest BCUT2D eigenvalue weighted by atomic mass is 35.5. The minimum absolute atomic E-state index is 0.248. The topological polar surface area (TPSA) is 51.2 Å². The fourth-order valence-corrected chi connectivity index (χ4v) is 0.977. The molecule has 0 fully saturated rings. The summed E-state index contributed by atoms with van der Waals surface area (Å²) < 4.78 is 4.84. The van der Waals surface area contributed by atoms with Gasteiger partial charge in [-0.25, -0.2) is 4.98 Å². The number of amides is 1. The molecule has 1 N–H and O–H groups in total. The second-order valence-corrected chi connectivity index (χ2v) is 3.10. The number of hydrogen-bond donors (Lipinski definition) is 1. The highest BCUT2D eigenvalue weighted by Gasteiger charge is 2.11. The van der Waals surface area contributed by atoms with Crippen LogP contribution in [0, 0.1) is 0 Å². The van der Waals surface area contributed by atoms with Crippen LogP contribution in [-0.2, 0) is 9.53 Å². The fourth-order valence-electron chi connectivity index (χ4n) is 0.813. The zero-order chi connectivity index (χ0) is 10.6. The molecule has 1 aromatic rings. The molecule has 0 aliphatic carbocycles. The second-order valence-electron chi connectivity index (χ2n) is 2.71. The van der Waals surface area contributed by atoms with E-state index < -0.39 is 6.10 Å². The first kappa shape index (κ1) is 10.9. The Labute approximate surface area is 87.2 Å². The predicted octanol–water partition coefficient (Wildman–Crippen LogP) is 1.71. The van der Waals surface area contributed by atoms with Crippen molar-refractivity contribution in [1.29, 1.82) is 0 Å². The first-order valence-electron chi connectivity index (χ1n) is 4.09. The van der Waals surface area contributed by atoms with Crippen molar-refractivity contribution in [2.75, 3.05) is 12.4 Å². The summed E-state index contributed by atoms with van der Waals surface area (Å²) in [5, 5.41) is 2.91. The lowest BCUT2D eigenvalue weighted by Gasteiger charge is -2.09. The monoisotopic (exact) mass is 214 g/mol. The summed E-state index contributed by atoms with van der Waals surface area (Å²) >= 11 is 5.65. The maximum atomic E-state index is 11.3. The molecular formula is C9H11ClN2O2. The van der Waals surface area contributed by atoms with Crippen molar-refractivity contribution in [2.24, 2.45) is 0 Å². The molecule has 0 saturated carbocycles. The van der Waals surface area contributed by atoms with Gasteiger partial charge in [-0.3, -0.25) is 4.79 Å². The van der Waals surface area contributed by atoms with Crippen LogP contribution in [0.1, 0.15) is 6.92 Å². The lowest BCUT2D eigenvalue weighted by molar-refractivity contribution is -0.124. The van der Waals surface area contributed by atoms with Crippen molar-refractivity contribution >= 4 is 23.3 Å². The second kappa shape index (κ2) is 4.93. The maximum Gasteiger partial charge on any atom is 0.254 e. The number of nitrogens with zero attached hydrogens (tertiary/aromatic N) is 1. The Kier molecular flexibility index (Phi) is 3.85. The van der Waals surface area contributed by atoms with Gasteiger partial charge in [-0.15, -0.1) is 0 Å². The number of anilines is 1. The van der Waals surface area contributed by atoms with Gasteiger partial charge in [0.25, 0.3) is 5.91 Å². The molecule has 5 heteroatoms. The van der Waals surface area contributed by atoms with E-state index in [0.717, 1.165) is 0 Å². The number of hydrogen-bond acceptors (Lipinski definition) is 3. The summed E-state index contributed by atoms with van der Waals surface area (Å²) in [5.74, 6) is 0.175. The SMILES string of the molecule is COC(C)C(=O)Nc1cccc(Cl)n1. The molecule has 4 nitrogen and oxygen atoms in total. The molecule has 0 aromatic carbocycles. The van der Waals surface area contributed by atoms with Gasteiger partial charge < -0.3 is 10.1 Å². The molecule has 1 amide bonds. The average molecular weight is 215 g/mol. The van der Waals surface area contributed by atoms with Gasteiger partial charge in [0, 0.05) is 7.11 Å². The number of carbonyl (C=O) groups is 1. The predicted molar refractivity (Wildman–Crippen MR) is 54.3 cm³/mol. The maximum absolute atomic E-state index is 11.3. The molecule has 0 aliphatic heterocycles. The Bertz CT molecular complexity index is 330. The minimum Gasteiger partial charge on any atom is -0.372 e. The van der Waals surface area contributed by atoms with E-state index >= 15 is 0 Å². The standard InChI is InChI=1S/C9H11ClN2O2/c1-6(14-2)9(13)12-8-5-3-4-7(10)11-8/h3-6H,1-2H3,(H,11,12,13). The summed E-state index contributed by atoms with van der Waals surface area (Å²) in [5.41, 5.74) is 0. The summed E-state index contributed by atoms with van der Waals surface area (Å²) in [6.07, 6.45) is -0.504. The van der Waals surface area contributed by atoms with E-state index in [2.05, 4.69) is 10.3 Å². The van der Waals surface area contributed by atoms with Crippen LogP contribution in [0.2, 0.25) is 5.15 Å². The number of pyridine rings is 1. The number of ether oxygens (including phenoxy) is 1. The van der Waals surface area contributed by atoms with Gasteiger partial charge in [0.2, 0.25) is 0 Å². The molecule has 0 radical (unpaired) electrons. The van der Waals surface area contributed by atoms with Crippen LogP contribution in [0.25, 0.3) is 0 Å². The lowest BCUT2D eigenvalue weighted by atomic mass is 10.3. The summed E-state index contributed by atoms with van der Waals surface area (Å²) in [6.45, 7) is 1.65. The normalized spacial score (nSPS) is 12.2. The zero-order valence-corrected chi connectivity index (χ0v) is 8.71. The Balaban J connectivity index is 2.65. The number of rotatable bonds is 3. The fraction of sp³-hybridized carbons (Fsp3) is 0.333. The molecule has 1 aromatic heterocycles. The number of carbonyl (C=O) groups excluding carboxylic acids is 1. The van der Waals surface area contributed by atoms with E-state index in [0.29, 0.717) is 11.0 Å². The van der Waals surface area contributed by atoms with Crippen molar-refractivity contribution in [3.05, 3.63) is 23.4 Å². The van der Waals surface area contributed by atoms with E-state index in [-0.39, 0.29) is 5.91 Å². The summed E-state index contributed by atoms with van der Waals surface area (Å²) in [4.78, 5) is 15.2. The van der Waals surface area contributed by atoms with Crippen LogP contribution in [0.4, 0.5) is 5.82 Å². The van der Waals surface area contributed by atoms with Gasteiger partial charge in [0.1, 0.15) is 17.1 Å². The van der Waals surface area contributed by atoms with Gasteiger partial charge in [-0.1, -0.05) is 17.7 Å². The highest BCUT2D eigenvalue weighted by molar-refractivity contribution is 6.29. The van der Waals surface area contributed by atoms with Crippen LogP contribution in [0.15, 0.2) is 18.2 Å². The molecular weight excluding hydrogens is 204 g/mol. The molecule has 0 spiro atoms. The molecule has 1 heterocycles. The minimum atomic E-state index is -0.504. The van der Waals surface area contributed by atoms with E-state index in [1.165, 1.54) is 7.11 Å². The third kappa shape index (κ3) is 2.97. The van der Waals surface area contributed by atoms with Gasteiger partial charge in [0.15, 0.2) is 0 Å². The van der Waals surface area contributed by atoms with Crippen molar-refractivity contribution < 1.29 is 9.53 Å². The summed E-state index contributed by atoms with van der Waals surface area (Å²) in [6, 6.07) is 5.01. The van der Waals surface area contributed by atoms with Crippen LogP contribution in [-0.4, -0.2) is 24.1 Å². The number of aromatic nitrogens is 1. The highest BCUT2D eigenvalue weighted by Crippen LogP contribution is 2.09. The van der Waals surface area contributed by atoms with Gasteiger partial charge in [-0.05, 0) is 19.1 Å². The number of methoxy groups -OCH3 is 1. The largest absolute Gasteiger partial charge is 0.372 e. The number of nitrogens with one attached hydrogen (secondary N) is 1. The van der Waals surface area contributed by atoms with Crippen molar-refractivity contribution in [3.8, 4) is 0 Å². The third-order valence-electron chi connectivity index (χ3n) is 1.69. The molecule has 76 valence electrons. The molecule has 1 unspecified atom stereocenters. The van der Waals surface area contributed by atoms with Crippen molar-refractivity contribution in [2.45, 2.75) is 13.0 Å². The van der Waals surface area contributed by atoms with Crippen LogP contribution < -0.4 is 5.32 Å². The Hall–Kier alpha value is -1.13. The molecule has 0 saturated heterocycles. The van der Waals surface area contributed by atoms with Crippen LogP contribution in [0.5, 0.6) is 0 Å². The Morgan fingerprint density at radius 2 is 2.36 bits per heavy atom. The van der Waals surface area contributed by atoms with E-state index in [1.54, 1.807) is 25.1 Å².